The fraction of sp³-hybridized carbons (Fsp3) is 0.292. The van der Waals surface area contributed by atoms with Gasteiger partial charge in [-0.3, -0.25) is 4.90 Å². The molecule has 11 heteroatoms. The third kappa shape index (κ3) is 4.60. The smallest absolute Gasteiger partial charge is 0.229 e. The van der Waals surface area contributed by atoms with Crippen LogP contribution in [0.4, 0.5) is 11.6 Å². The van der Waals surface area contributed by atoms with Crippen LogP contribution in [0.3, 0.4) is 0 Å². The van der Waals surface area contributed by atoms with Gasteiger partial charge in [0.1, 0.15) is 18.0 Å². The number of aryl methyl sites for hydroxylation is 1. The zero-order chi connectivity index (χ0) is 23.6. The highest BCUT2D eigenvalue weighted by Gasteiger charge is 2.18. The van der Waals surface area contributed by atoms with Gasteiger partial charge in [-0.05, 0) is 80.0 Å². The molecule has 0 aliphatic carbocycles. The van der Waals surface area contributed by atoms with Crippen molar-refractivity contribution < 1.29 is 4.74 Å². The molecule has 0 unspecified atom stereocenters. The Hall–Kier alpha value is -3.83. The van der Waals surface area contributed by atoms with Gasteiger partial charge in [0.2, 0.25) is 11.8 Å². The average Bonchev–Trinajstić information content (AvgIpc) is 3.67. The van der Waals surface area contributed by atoms with Crippen LogP contribution >= 0.6 is 11.3 Å². The summed E-state index contributed by atoms with van der Waals surface area (Å²) in [5.41, 5.74) is 3.59. The monoisotopic (exact) mass is 487 g/mol. The van der Waals surface area contributed by atoms with Crippen LogP contribution in [0.1, 0.15) is 18.4 Å². The quantitative estimate of drug-likeness (QED) is 0.295. The number of H-pyrrole nitrogens is 2. The second kappa shape index (κ2) is 9.43. The molecule has 6 rings (SSSR count). The molecule has 178 valence electrons. The molecule has 10 nitrogen and oxygen atoms in total. The molecule has 5 aromatic rings. The Balaban J connectivity index is 1.21. The molecule has 1 aromatic carbocycles. The molecule has 3 N–H and O–H groups in total. The number of ether oxygens (including phenoxy) is 1. The van der Waals surface area contributed by atoms with Gasteiger partial charge >= 0.3 is 0 Å². The predicted molar refractivity (Wildman–Crippen MR) is 136 cm³/mol. The summed E-state index contributed by atoms with van der Waals surface area (Å²) in [5.74, 6) is 1.96. The Morgan fingerprint density at radius 1 is 1.11 bits per heavy atom. The van der Waals surface area contributed by atoms with Crippen LogP contribution in [0.25, 0.3) is 32.3 Å². The zero-order valence-electron chi connectivity index (χ0n) is 19.3. The van der Waals surface area contributed by atoms with Gasteiger partial charge < -0.3 is 15.0 Å². The van der Waals surface area contributed by atoms with Crippen molar-refractivity contribution in [1.82, 2.24) is 40.5 Å². The number of tetrazole rings is 1. The topological polar surface area (TPSA) is 121 Å². The fourth-order valence-electron chi connectivity index (χ4n) is 4.33. The maximum atomic E-state index is 5.92. The van der Waals surface area contributed by atoms with Crippen LogP contribution in [0.15, 0.2) is 42.6 Å². The van der Waals surface area contributed by atoms with Gasteiger partial charge in [0.05, 0.1) is 15.4 Å². The van der Waals surface area contributed by atoms with E-state index in [9.17, 15) is 0 Å². The molecule has 5 heterocycles. The minimum atomic E-state index is 0.518. The van der Waals surface area contributed by atoms with Crippen molar-refractivity contribution in [3.8, 4) is 27.0 Å². The maximum Gasteiger partial charge on any atom is 0.229 e. The second-order valence-corrected chi connectivity index (χ2v) is 9.59. The third-order valence-corrected chi connectivity index (χ3v) is 7.34. The number of likely N-dealkylation sites (tertiary alicyclic amines) is 1. The van der Waals surface area contributed by atoms with E-state index in [1.165, 1.54) is 25.9 Å². The van der Waals surface area contributed by atoms with Gasteiger partial charge in [-0.15, -0.1) is 21.5 Å². The number of thiophene rings is 1. The number of benzene rings is 1. The molecule has 0 bridgehead atoms. The van der Waals surface area contributed by atoms with E-state index < -0.39 is 0 Å². The largest absolute Gasteiger partial charge is 0.492 e. The first-order valence-electron chi connectivity index (χ1n) is 11.6. The summed E-state index contributed by atoms with van der Waals surface area (Å²) in [7, 11) is 0. The number of hydrogen-bond acceptors (Lipinski definition) is 9. The summed E-state index contributed by atoms with van der Waals surface area (Å²) in [6, 6.07) is 12.0. The Morgan fingerprint density at radius 2 is 1.97 bits per heavy atom. The molecule has 0 atom stereocenters. The molecule has 1 saturated heterocycles. The molecule has 0 radical (unpaired) electrons. The zero-order valence-corrected chi connectivity index (χ0v) is 20.1. The summed E-state index contributed by atoms with van der Waals surface area (Å²) in [4.78, 5) is 17.2. The van der Waals surface area contributed by atoms with Gasteiger partial charge in [-0.25, -0.2) is 4.98 Å². The van der Waals surface area contributed by atoms with E-state index in [4.69, 9.17) is 9.72 Å². The van der Waals surface area contributed by atoms with Crippen LogP contribution in [0.2, 0.25) is 0 Å². The van der Waals surface area contributed by atoms with Gasteiger partial charge in [0.25, 0.3) is 0 Å². The van der Waals surface area contributed by atoms with Crippen molar-refractivity contribution in [2.45, 2.75) is 19.8 Å². The first-order valence-corrected chi connectivity index (χ1v) is 12.5. The van der Waals surface area contributed by atoms with Crippen LogP contribution in [-0.2, 0) is 0 Å². The summed E-state index contributed by atoms with van der Waals surface area (Å²) in [6.45, 7) is 6.08. The molecule has 0 spiro atoms. The van der Waals surface area contributed by atoms with Gasteiger partial charge in [0.15, 0.2) is 0 Å². The summed E-state index contributed by atoms with van der Waals surface area (Å²) < 4.78 is 5.92. The SMILES string of the molecule is Cc1cc(-c2nc(Nc3ccc(OCCN4CCCC4)cc3)nc3[nH]ccc23)sc1-c1nn[nH]n1. The minimum Gasteiger partial charge on any atom is -0.492 e. The molecule has 4 aromatic heterocycles. The number of nitrogens with one attached hydrogen (secondary N) is 3. The lowest BCUT2D eigenvalue weighted by Crippen LogP contribution is -2.25. The van der Waals surface area contributed by atoms with Crippen molar-refractivity contribution in [3.05, 3.63) is 48.2 Å². The van der Waals surface area contributed by atoms with Crippen molar-refractivity contribution in [3.63, 3.8) is 0 Å². The molecule has 0 amide bonds. The number of fused-ring (bicyclic) bond motifs is 1. The lowest BCUT2D eigenvalue weighted by atomic mass is 10.2. The third-order valence-electron chi connectivity index (χ3n) is 6.10. The fourth-order valence-corrected chi connectivity index (χ4v) is 5.43. The van der Waals surface area contributed by atoms with Crippen LogP contribution in [0, 0.1) is 6.92 Å². The van der Waals surface area contributed by atoms with Crippen molar-refractivity contribution in [2.24, 2.45) is 0 Å². The molecule has 35 heavy (non-hydrogen) atoms. The van der Waals surface area contributed by atoms with Crippen molar-refractivity contribution >= 4 is 34.0 Å². The number of hydrogen-bond donors (Lipinski definition) is 3. The number of anilines is 2. The normalized spacial score (nSPS) is 14.1. The highest BCUT2D eigenvalue weighted by Crippen LogP contribution is 2.38. The number of aromatic amines is 2. The Kier molecular flexibility index (Phi) is 5.84. The highest BCUT2D eigenvalue weighted by molar-refractivity contribution is 7.19. The standard InChI is InChI=1S/C24H25N9OS/c1-15-14-19(35-21(15)23-29-31-32-30-23)20-18-8-9-25-22(18)28-24(27-20)26-16-4-6-17(7-5-16)34-13-12-33-10-2-3-11-33/h4-9,14H,2-3,10-13H2,1H3,(H2,25,26,27,28)(H,29,30,31,32). The van der Waals surface area contributed by atoms with Gasteiger partial charge in [0, 0.05) is 23.8 Å². The number of nitrogens with zero attached hydrogens (tertiary/aromatic N) is 6. The van der Waals surface area contributed by atoms with E-state index in [0.29, 0.717) is 18.4 Å². The first-order chi connectivity index (χ1) is 17.2. The number of rotatable bonds is 8. The number of aromatic nitrogens is 7. The summed E-state index contributed by atoms with van der Waals surface area (Å²) in [5, 5.41) is 18.7. The van der Waals surface area contributed by atoms with E-state index in [-0.39, 0.29) is 0 Å². The van der Waals surface area contributed by atoms with Gasteiger partial charge in [-0.1, -0.05) is 0 Å². The van der Waals surface area contributed by atoms with E-state index in [1.807, 2.05) is 43.5 Å². The lowest BCUT2D eigenvalue weighted by molar-refractivity contribution is 0.238. The lowest BCUT2D eigenvalue weighted by Gasteiger charge is -2.15. The Labute approximate surface area is 205 Å². The van der Waals surface area contributed by atoms with Crippen molar-refractivity contribution in [2.75, 3.05) is 31.6 Å². The predicted octanol–water partition coefficient (Wildman–Crippen LogP) is 4.39. The Bertz CT molecular complexity index is 1420. The molecule has 0 saturated carbocycles. The molecular formula is C24H25N9OS. The molecule has 1 aliphatic heterocycles. The van der Waals surface area contributed by atoms with E-state index >= 15 is 0 Å². The summed E-state index contributed by atoms with van der Waals surface area (Å²) in [6.07, 6.45) is 4.47. The van der Waals surface area contributed by atoms with E-state index in [1.54, 1.807) is 11.3 Å². The average molecular weight is 488 g/mol. The molecular weight excluding hydrogens is 462 g/mol. The van der Waals surface area contributed by atoms with Crippen LogP contribution in [0.5, 0.6) is 5.75 Å². The maximum absolute atomic E-state index is 5.92. The van der Waals surface area contributed by atoms with Gasteiger partial charge in [-0.2, -0.15) is 10.2 Å². The van der Waals surface area contributed by atoms with E-state index in [0.717, 1.165) is 50.0 Å². The summed E-state index contributed by atoms with van der Waals surface area (Å²) >= 11 is 1.59. The van der Waals surface area contributed by atoms with Crippen molar-refractivity contribution in [1.29, 1.82) is 0 Å². The molecule has 1 fully saturated rings. The minimum absolute atomic E-state index is 0.518. The van der Waals surface area contributed by atoms with E-state index in [2.05, 4.69) is 46.9 Å². The molecule has 1 aliphatic rings. The highest BCUT2D eigenvalue weighted by atomic mass is 32.1. The second-order valence-electron chi connectivity index (χ2n) is 8.54. The first kappa shape index (κ1) is 21.7. The van der Waals surface area contributed by atoms with Crippen LogP contribution < -0.4 is 10.1 Å². The van der Waals surface area contributed by atoms with Crippen LogP contribution in [-0.4, -0.2) is 66.7 Å². The Morgan fingerprint density at radius 3 is 2.77 bits per heavy atom.